The van der Waals surface area contributed by atoms with Crippen molar-refractivity contribution in [3.63, 3.8) is 0 Å². The Morgan fingerprint density at radius 3 is 2.49 bits per heavy atom. The third-order valence-electron chi connectivity index (χ3n) is 9.06. The van der Waals surface area contributed by atoms with E-state index < -0.39 is 12.1 Å². The zero-order chi connectivity index (χ0) is 32.0. The standard InChI is InChI=1S/C31H42N4O3.C2HF3O2/c1-3-23-7-8-28(38-23)27-18-25(33-22-20-31(21-22)9-11-32-12-10-31)24-17-29(36-2)30(19-26(24)34-27)37-16-6-15-35-13-4-5-14-35;3-2(4,5)1(6)7/h7-8,17-19,22,32H,3-6,9-16,20-21H2,1-2H3,(H,33,34);(H,6,7). The van der Waals surface area contributed by atoms with Gasteiger partial charge in [0, 0.05) is 36.1 Å². The van der Waals surface area contributed by atoms with Gasteiger partial charge in [-0.15, -0.1) is 0 Å². The van der Waals surface area contributed by atoms with Crippen molar-refractivity contribution in [3.8, 4) is 23.0 Å². The molecule has 1 aromatic carbocycles. The number of likely N-dealkylation sites (tertiary alicyclic amines) is 1. The molecule has 2 aliphatic heterocycles. The number of hydrogen-bond acceptors (Lipinski definition) is 8. The van der Waals surface area contributed by atoms with E-state index in [1.54, 1.807) is 7.11 Å². The number of anilines is 1. The highest BCUT2D eigenvalue weighted by Gasteiger charge is 2.44. The molecule has 0 amide bonds. The number of pyridine rings is 1. The second kappa shape index (κ2) is 14.3. The third kappa shape index (κ3) is 8.21. The Morgan fingerprint density at radius 1 is 1.16 bits per heavy atom. The summed E-state index contributed by atoms with van der Waals surface area (Å²) in [7, 11) is 1.72. The molecule has 2 aromatic heterocycles. The molecular formula is C33H43F3N4O5. The minimum Gasteiger partial charge on any atom is -0.493 e. The van der Waals surface area contributed by atoms with E-state index in [1.165, 1.54) is 51.6 Å². The molecule has 0 bridgehead atoms. The van der Waals surface area contributed by atoms with E-state index in [2.05, 4.69) is 34.6 Å². The van der Waals surface area contributed by atoms with Crippen LogP contribution in [0.25, 0.3) is 22.4 Å². The average molecular weight is 633 g/mol. The van der Waals surface area contributed by atoms with Crippen LogP contribution in [0.1, 0.15) is 57.6 Å². The number of fused-ring (bicyclic) bond motifs is 1. The van der Waals surface area contributed by atoms with Crippen LogP contribution >= 0.6 is 0 Å². The first kappa shape index (κ1) is 32.9. The topological polar surface area (TPSA) is 109 Å². The monoisotopic (exact) mass is 632 g/mol. The molecule has 3 N–H and O–H groups in total. The number of benzene rings is 1. The minimum atomic E-state index is -5.08. The van der Waals surface area contributed by atoms with Crippen molar-refractivity contribution in [2.75, 3.05) is 51.8 Å². The van der Waals surface area contributed by atoms with E-state index in [4.69, 9.17) is 28.8 Å². The molecule has 2 saturated heterocycles. The number of methoxy groups -OCH3 is 1. The van der Waals surface area contributed by atoms with Crippen molar-refractivity contribution in [3.05, 3.63) is 36.1 Å². The molecule has 9 nitrogen and oxygen atoms in total. The number of aromatic nitrogens is 1. The SMILES string of the molecule is CCc1ccc(-c2cc(NC3CC4(CCNCC4)C3)c3cc(OC)c(OCCCN4CCCC4)cc3n2)o1.O=C(O)C(F)(F)F. The lowest BCUT2D eigenvalue weighted by molar-refractivity contribution is -0.192. The van der Waals surface area contributed by atoms with Gasteiger partial charge in [-0.05, 0) is 101 Å². The van der Waals surface area contributed by atoms with Gasteiger partial charge < -0.3 is 34.5 Å². The normalized spacial score (nSPS) is 18.3. The largest absolute Gasteiger partial charge is 0.493 e. The van der Waals surface area contributed by atoms with Crippen LogP contribution < -0.4 is 20.1 Å². The van der Waals surface area contributed by atoms with Crippen molar-refractivity contribution >= 4 is 22.6 Å². The van der Waals surface area contributed by atoms with E-state index >= 15 is 0 Å². The summed E-state index contributed by atoms with van der Waals surface area (Å²) in [6.45, 7) is 8.58. The molecule has 1 saturated carbocycles. The first-order valence-corrected chi connectivity index (χ1v) is 15.8. The summed E-state index contributed by atoms with van der Waals surface area (Å²) >= 11 is 0. The summed E-state index contributed by atoms with van der Waals surface area (Å²) in [5.41, 5.74) is 3.35. The second-order valence-corrected chi connectivity index (χ2v) is 12.2. The number of ether oxygens (including phenoxy) is 2. The number of furan rings is 1. The second-order valence-electron chi connectivity index (χ2n) is 12.2. The number of hydrogen-bond donors (Lipinski definition) is 3. The molecule has 3 aliphatic rings. The van der Waals surface area contributed by atoms with Crippen LogP contribution in [0.5, 0.6) is 11.5 Å². The van der Waals surface area contributed by atoms with Crippen LogP contribution in [0.2, 0.25) is 0 Å². The molecule has 3 aromatic rings. The maximum absolute atomic E-state index is 10.6. The number of rotatable bonds is 10. The maximum atomic E-state index is 10.6. The summed E-state index contributed by atoms with van der Waals surface area (Å²) in [6, 6.07) is 10.8. The number of carboxylic acid groups (broad SMARTS) is 1. The van der Waals surface area contributed by atoms with Gasteiger partial charge >= 0.3 is 12.1 Å². The molecule has 0 radical (unpaired) electrons. The van der Waals surface area contributed by atoms with Crippen LogP contribution in [0.4, 0.5) is 18.9 Å². The van der Waals surface area contributed by atoms with Crippen molar-refractivity contribution in [1.29, 1.82) is 0 Å². The number of aryl methyl sites for hydroxylation is 1. The van der Waals surface area contributed by atoms with Crippen LogP contribution in [0, 0.1) is 5.41 Å². The lowest BCUT2D eigenvalue weighted by Gasteiger charge is -2.51. The fourth-order valence-electron chi connectivity index (χ4n) is 6.61. The summed E-state index contributed by atoms with van der Waals surface area (Å²) < 4.78 is 49.9. The first-order chi connectivity index (χ1) is 21.6. The molecule has 0 atom stereocenters. The molecule has 1 aliphatic carbocycles. The molecule has 45 heavy (non-hydrogen) atoms. The van der Waals surface area contributed by atoms with Gasteiger partial charge in [-0.2, -0.15) is 13.2 Å². The van der Waals surface area contributed by atoms with Gasteiger partial charge in [0.15, 0.2) is 17.3 Å². The number of carboxylic acids is 1. The summed E-state index contributed by atoms with van der Waals surface area (Å²) in [6.07, 6.45) is 4.44. The van der Waals surface area contributed by atoms with E-state index in [0.717, 1.165) is 77.8 Å². The predicted octanol–water partition coefficient (Wildman–Crippen LogP) is 6.51. The molecule has 4 heterocycles. The Morgan fingerprint density at radius 2 is 1.87 bits per heavy atom. The van der Waals surface area contributed by atoms with Crippen molar-refractivity contribution in [2.45, 2.75) is 70.5 Å². The summed E-state index contributed by atoms with van der Waals surface area (Å²) in [4.78, 5) is 16.4. The van der Waals surface area contributed by atoms with Gasteiger partial charge in [0.05, 0.1) is 19.2 Å². The van der Waals surface area contributed by atoms with Crippen molar-refractivity contribution in [2.24, 2.45) is 5.41 Å². The molecule has 3 fully saturated rings. The first-order valence-electron chi connectivity index (χ1n) is 15.8. The number of nitrogens with zero attached hydrogens (tertiary/aromatic N) is 2. The molecule has 12 heteroatoms. The summed E-state index contributed by atoms with van der Waals surface area (Å²) in [5, 5.41) is 15.6. The smallest absolute Gasteiger partial charge is 0.490 e. The third-order valence-corrected chi connectivity index (χ3v) is 9.06. The maximum Gasteiger partial charge on any atom is 0.490 e. The van der Waals surface area contributed by atoms with Gasteiger partial charge in [0.1, 0.15) is 11.5 Å². The highest BCUT2D eigenvalue weighted by molar-refractivity contribution is 5.95. The van der Waals surface area contributed by atoms with Crippen LogP contribution in [-0.2, 0) is 11.2 Å². The van der Waals surface area contributed by atoms with Crippen molar-refractivity contribution in [1.82, 2.24) is 15.2 Å². The lowest BCUT2D eigenvalue weighted by Crippen LogP contribution is -2.50. The quantitative estimate of drug-likeness (QED) is 0.216. The summed E-state index contributed by atoms with van der Waals surface area (Å²) in [5.74, 6) is 0.528. The Kier molecular flexibility index (Phi) is 10.4. The average Bonchev–Trinajstić information content (AvgIpc) is 3.71. The van der Waals surface area contributed by atoms with Crippen LogP contribution in [-0.4, -0.2) is 79.6 Å². The lowest BCUT2D eigenvalue weighted by atomic mass is 9.60. The highest BCUT2D eigenvalue weighted by Crippen LogP contribution is 2.49. The van der Waals surface area contributed by atoms with Crippen LogP contribution in [0.15, 0.2) is 34.7 Å². The number of aliphatic carboxylic acids is 1. The molecule has 1 spiro atoms. The number of carbonyl (C=O) groups is 1. The Hall–Kier alpha value is -3.51. The Balaban J connectivity index is 0.000000515. The number of nitrogens with one attached hydrogen (secondary N) is 2. The predicted molar refractivity (Wildman–Crippen MR) is 166 cm³/mol. The van der Waals surface area contributed by atoms with Crippen molar-refractivity contribution < 1.29 is 37.0 Å². The van der Waals surface area contributed by atoms with Gasteiger partial charge in [0.25, 0.3) is 0 Å². The molecular weight excluding hydrogens is 589 g/mol. The Labute approximate surface area is 261 Å². The Bertz CT molecular complexity index is 1440. The highest BCUT2D eigenvalue weighted by atomic mass is 19.4. The van der Waals surface area contributed by atoms with E-state index in [0.29, 0.717) is 18.1 Å². The van der Waals surface area contributed by atoms with E-state index in [1.807, 2.05) is 18.2 Å². The molecule has 6 rings (SSSR count). The number of piperidine rings is 1. The minimum absolute atomic E-state index is 0.474. The van der Waals surface area contributed by atoms with E-state index in [9.17, 15) is 13.2 Å². The van der Waals surface area contributed by atoms with Gasteiger partial charge in [-0.1, -0.05) is 6.92 Å². The van der Waals surface area contributed by atoms with Gasteiger partial charge in [0.2, 0.25) is 0 Å². The van der Waals surface area contributed by atoms with Gasteiger partial charge in [-0.25, -0.2) is 9.78 Å². The van der Waals surface area contributed by atoms with E-state index in [-0.39, 0.29) is 0 Å². The zero-order valence-corrected chi connectivity index (χ0v) is 26.0. The number of alkyl halides is 3. The number of halogens is 3. The molecule has 246 valence electrons. The van der Waals surface area contributed by atoms with Gasteiger partial charge in [-0.3, -0.25) is 0 Å². The fourth-order valence-corrected chi connectivity index (χ4v) is 6.61. The van der Waals surface area contributed by atoms with Crippen LogP contribution in [0.3, 0.4) is 0 Å². The molecule has 0 unspecified atom stereocenters. The fraction of sp³-hybridized carbons (Fsp3) is 0.576. The zero-order valence-electron chi connectivity index (χ0n) is 26.0.